The smallest absolute Gasteiger partial charge is 0.326 e. The lowest BCUT2D eigenvalue weighted by molar-refractivity contribution is -0.145. The molecule has 1 amide bonds. The van der Waals surface area contributed by atoms with Gasteiger partial charge in [0.05, 0.1) is 0 Å². The van der Waals surface area contributed by atoms with E-state index in [0.717, 1.165) is 0 Å². The van der Waals surface area contributed by atoms with Crippen molar-refractivity contribution in [2.24, 2.45) is 0 Å². The fourth-order valence-corrected chi connectivity index (χ4v) is 1.10. The van der Waals surface area contributed by atoms with Gasteiger partial charge in [-0.2, -0.15) is 0 Å². The minimum Gasteiger partial charge on any atom is -0.481 e. The number of hydrogen-bond acceptors (Lipinski definition) is 4. The van der Waals surface area contributed by atoms with E-state index in [4.69, 9.17) is 15.3 Å². The summed E-state index contributed by atoms with van der Waals surface area (Å²) in [7, 11) is 0. The summed E-state index contributed by atoms with van der Waals surface area (Å²) < 4.78 is 0. The summed E-state index contributed by atoms with van der Waals surface area (Å²) in [5, 5.41) is 27.4. The van der Waals surface area contributed by atoms with Crippen molar-refractivity contribution in [3.05, 3.63) is 0 Å². The summed E-state index contributed by atoms with van der Waals surface area (Å²) >= 11 is 0. The number of carboxylic acids is 3. The standard InChI is InChI=1S/C9H13NO7/c11-6(4-8(14)15)10-5(9(16)17)2-1-3-7(12)13/h5H,1-4H2,(H,10,11)(H,12,13)(H,14,15)(H,16,17)/t5-/m0/s1. The molecule has 4 N–H and O–H groups in total. The maximum atomic E-state index is 11.0. The third kappa shape index (κ3) is 7.77. The van der Waals surface area contributed by atoms with Crippen molar-refractivity contribution in [2.45, 2.75) is 31.7 Å². The molecule has 0 aliphatic rings. The van der Waals surface area contributed by atoms with Crippen LogP contribution in [-0.2, 0) is 19.2 Å². The summed E-state index contributed by atoms with van der Waals surface area (Å²) in [6.07, 6.45) is -1.01. The van der Waals surface area contributed by atoms with Crippen LogP contribution in [0, 0.1) is 0 Å². The summed E-state index contributed by atoms with van der Waals surface area (Å²) in [5.41, 5.74) is 0. The van der Waals surface area contributed by atoms with Crippen LogP contribution in [0.3, 0.4) is 0 Å². The minimum atomic E-state index is -1.36. The Morgan fingerprint density at radius 1 is 1.00 bits per heavy atom. The Morgan fingerprint density at radius 2 is 1.59 bits per heavy atom. The van der Waals surface area contributed by atoms with Crippen LogP contribution in [-0.4, -0.2) is 45.2 Å². The SMILES string of the molecule is O=C(O)CCC[C@H](NC(=O)CC(=O)O)C(=O)O. The number of nitrogens with one attached hydrogen (secondary N) is 1. The molecule has 0 bridgehead atoms. The highest BCUT2D eigenvalue weighted by molar-refractivity contribution is 5.95. The molecule has 0 aromatic heterocycles. The second-order valence-electron chi connectivity index (χ2n) is 3.31. The maximum Gasteiger partial charge on any atom is 0.326 e. The number of hydrogen-bond donors (Lipinski definition) is 4. The average Bonchev–Trinajstić information content (AvgIpc) is 2.13. The largest absolute Gasteiger partial charge is 0.481 e. The zero-order valence-corrected chi connectivity index (χ0v) is 8.88. The van der Waals surface area contributed by atoms with Crippen molar-refractivity contribution < 1.29 is 34.5 Å². The summed E-state index contributed by atoms with van der Waals surface area (Å²) in [6, 6.07) is -1.26. The second kappa shape index (κ2) is 7.20. The van der Waals surface area contributed by atoms with E-state index in [0.29, 0.717) is 0 Å². The molecule has 1 atom stereocenters. The number of amides is 1. The van der Waals surface area contributed by atoms with Gasteiger partial charge in [0, 0.05) is 6.42 Å². The van der Waals surface area contributed by atoms with Crippen LogP contribution in [0.2, 0.25) is 0 Å². The van der Waals surface area contributed by atoms with E-state index in [-0.39, 0.29) is 19.3 Å². The van der Waals surface area contributed by atoms with Crippen LogP contribution in [0.25, 0.3) is 0 Å². The molecule has 0 aliphatic carbocycles. The summed E-state index contributed by atoms with van der Waals surface area (Å²) in [5.74, 6) is -4.67. The zero-order chi connectivity index (χ0) is 13.4. The molecule has 0 aromatic rings. The Morgan fingerprint density at radius 3 is 2.00 bits per heavy atom. The van der Waals surface area contributed by atoms with Crippen LogP contribution in [0.15, 0.2) is 0 Å². The molecule has 0 rings (SSSR count). The van der Waals surface area contributed by atoms with Crippen LogP contribution in [0.1, 0.15) is 25.7 Å². The topological polar surface area (TPSA) is 141 Å². The molecule has 0 spiro atoms. The highest BCUT2D eigenvalue weighted by Crippen LogP contribution is 2.02. The van der Waals surface area contributed by atoms with Crippen molar-refractivity contribution in [2.75, 3.05) is 0 Å². The predicted octanol–water partition coefficient (Wildman–Crippen LogP) is -0.715. The Balaban J connectivity index is 4.15. The maximum absolute atomic E-state index is 11.0. The Bertz CT molecular complexity index is 325. The minimum absolute atomic E-state index is 0.0625. The van der Waals surface area contributed by atoms with Gasteiger partial charge in [-0.25, -0.2) is 4.79 Å². The van der Waals surface area contributed by atoms with Crippen molar-refractivity contribution in [1.82, 2.24) is 5.32 Å². The third-order valence-corrected chi connectivity index (χ3v) is 1.83. The van der Waals surface area contributed by atoms with Gasteiger partial charge in [0.1, 0.15) is 12.5 Å². The van der Waals surface area contributed by atoms with Gasteiger partial charge in [0.15, 0.2) is 0 Å². The lowest BCUT2D eigenvalue weighted by Gasteiger charge is -2.12. The molecule has 0 heterocycles. The van der Waals surface area contributed by atoms with E-state index in [1.54, 1.807) is 0 Å². The average molecular weight is 247 g/mol. The molecule has 17 heavy (non-hydrogen) atoms. The van der Waals surface area contributed by atoms with Crippen molar-refractivity contribution in [1.29, 1.82) is 0 Å². The number of aliphatic carboxylic acids is 3. The molecule has 0 unspecified atom stereocenters. The summed E-state index contributed by atoms with van der Waals surface area (Å²) in [4.78, 5) is 42.1. The predicted molar refractivity (Wildman–Crippen MR) is 53.3 cm³/mol. The lowest BCUT2D eigenvalue weighted by atomic mass is 10.1. The number of carbonyl (C=O) groups is 4. The molecule has 0 aliphatic heterocycles. The van der Waals surface area contributed by atoms with Crippen molar-refractivity contribution in [3.8, 4) is 0 Å². The monoisotopic (exact) mass is 247 g/mol. The Hall–Kier alpha value is -2.12. The first-order chi connectivity index (χ1) is 7.82. The van der Waals surface area contributed by atoms with Crippen molar-refractivity contribution >= 4 is 23.8 Å². The highest BCUT2D eigenvalue weighted by Gasteiger charge is 2.20. The van der Waals surface area contributed by atoms with Crippen LogP contribution >= 0.6 is 0 Å². The normalized spacial score (nSPS) is 11.5. The van der Waals surface area contributed by atoms with Gasteiger partial charge >= 0.3 is 17.9 Å². The molecule has 0 aromatic carbocycles. The van der Waals surface area contributed by atoms with Crippen molar-refractivity contribution in [3.63, 3.8) is 0 Å². The number of rotatable bonds is 8. The quantitative estimate of drug-likeness (QED) is 0.415. The fraction of sp³-hybridized carbons (Fsp3) is 0.556. The van der Waals surface area contributed by atoms with Gasteiger partial charge in [0.25, 0.3) is 0 Å². The van der Waals surface area contributed by atoms with Gasteiger partial charge in [-0.3, -0.25) is 14.4 Å². The van der Waals surface area contributed by atoms with Gasteiger partial charge in [-0.05, 0) is 12.8 Å². The number of carboxylic acid groups (broad SMARTS) is 3. The van der Waals surface area contributed by atoms with Gasteiger partial charge in [0.2, 0.25) is 5.91 Å². The Kier molecular flexibility index (Phi) is 6.30. The zero-order valence-electron chi connectivity index (χ0n) is 8.88. The molecule has 0 radical (unpaired) electrons. The van der Waals surface area contributed by atoms with E-state index in [1.807, 2.05) is 5.32 Å². The molecule has 96 valence electrons. The molecule has 8 nitrogen and oxygen atoms in total. The fourth-order valence-electron chi connectivity index (χ4n) is 1.10. The van der Waals surface area contributed by atoms with E-state index in [9.17, 15) is 19.2 Å². The first-order valence-electron chi connectivity index (χ1n) is 4.78. The van der Waals surface area contributed by atoms with Gasteiger partial charge in [-0.15, -0.1) is 0 Å². The van der Waals surface area contributed by atoms with Crippen LogP contribution < -0.4 is 5.32 Å². The first-order valence-corrected chi connectivity index (χ1v) is 4.78. The number of carbonyl (C=O) groups excluding carboxylic acids is 1. The van der Waals surface area contributed by atoms with Crippen LogP contribution in [0.4, 0.5) is 0 Å². The molecule has 0 saturated heterocycles. The molecule has 8 heteroatoms. The van der Waals surface area contributed by atoms with E-state index < -0.39 is 36.3 Å². The first kappa shape index (κ1) is 14.9. The van der Waals surface area contributed by atoms with E-state index in [2.05, 4.69) is 0 Å². The van der Waals surface area contributed by atoms with E-state index >= 15 is 0 Å². The van der Waals surface area contributed by atoms with Gasteiger partial charge in [-0.1, -0.05) is 0 Å². The highest BCUT2D eigenvalue weighted by atomic mass is 16.4. The molecule has 0 saturated carbocycles. The summed E-state index contributed by atoms with van der Waals surface area (Å²) in [6.45, 7) is 0. The third-order valence-electron chi connectivity index (χ3n) is 1.83. The van der Waals surface area contributed by atoms with E-state index in [1.165, 1.54) is 0 Å². The second-order valence-corrected chi connectivity index (χ2v) is 3.31. The lowest BCUT2D eigenvalue weighted by Crippen LogP contribution is -2.41. The Labute approximate surface area is 96.2 Å². The molecule has 0 fully saturated rings. The molecular weight excluding hydrogens is 234 g/mol. The van der Waals surface area contributed by atoms with Crippen LogP contribution in [0.5, 0.6) is 0 Å². The van der Waals surface area contributed by atoms with Gasteiger partial charge < -0.3 is 20.6 Å². The molecular formula is C9H13NO7.